The smallest absolute Gasteiger partial charge is 0.291 e. The van der Waals surface area contributed by atoms with E-state index >= 15 is 0 Å². The molecule has 0 aliphatic carbocycles. The van der Waals surface area contributed by atoms with Crippen LogP contribution in [0.5, 0.6) is 11.5 Å². The number of unbranched alkanes of at least 4 members (excludes halogenated alkanes) is 3. The summed E-state index contributed by atoms with van der Waals surface area (Å²) in [4.78, 5) is 18.0. The maximum absolute atomic E-state index is 12.8. The van der Waals surface area contributed by atoms with Crippen LogP contribution in [-0.2, 0) is 0 Å². The van der Waals surface area contributed by atoms with Crippen molar-refractivity contribution in [2.24, 2.45) is 0 Å². The van der Waals surface area contributed by atoms with E-state index in [0.29, 0.717) is 15.3 Å². The van der Waals surface area contributed by atoms with Crippen LogP contribution in [-0.4, -0.2) is 27.8 Å². The molecule has 0 saturated carbocycles. The van der Waals surface area contributed by atoms with E-state index < -0.39 is 0 Å². The van der Waals surface area contributed by atoms with Crippen LogP contribution in [0.1, 0.15) is 51.5 Å². The number of nitrogens with zero attached hydrogens (tertiary/aromatic N) is 3. The van der Waals surface area contributed by atoms with E-state index in [0.717, 1.165) is 55.1 Å². The van der Waals surface area contributed by atoms with Crippen LogP contribution in [0.4, 0.5) is 0 Å². The number of hydrogen-bond donors (Lipinski definition) is 0. The Hall–Kier alpha value is -3.19. The molecular weight excluding hydrogens is 434 g/mol. The lowest BCUT2D eigenvalue weighted by molar-refractivity contribution is 0.306. The predicted molar refractivity (Wildman–Crippen MR) is 133 cm³/mol. The van der Waals surface area contributed by atoms with E-state index in [1.54, 1.807) is 0 Å². The lowest BCUT2D eigenvalue weighted by Gasteiger charge is -2.05. The molecular formula is C26H29N3O3S. The van der Waals surface area contributed by atoms with Gasteiger partial charge in [0.15, 0.2) is 5.82 Å². The molecule has 0 bridgehead atoms. The molecule has 0 atom stereocenters. The van der Waals surface area contributed by atoms with Crippen molar-refractivity contribution < 1.29 is 9.47 Å². The highest BCUT2D eigenvalue weighted by Crippen LogP contribution is 2.21. The summed E-state index contributed by atoms with van der Waals surface area (Å²) in [6, 6.07) is 15.5. The van der Waals surface area contributed by atoms with Crippen molar-refractivity contribution in [1.82, 2.24) is 14.6 Å². The first-order valence-electron chi connectivity index (χ1n) is 11.6. The van der Waals surface area contributed by atoms with Crippen LogP contribution in [0.2, 0.25) is 0 Å². The zero-order chi connectivity index (χ0) is 23.0. The highest BCUT2D eigenvalue weighted by molar-refractivity contribution is 7.15. The molecule has 4 aromatic rings. The summed E-state index contributed by atoms with van der Waals surface area (Å²) in [5, 5.41) is 4.44. The van der Waals surface area contributed by atoms with Crippen molar-refractivity contribution in [3.8, 4) is 22.9 Å². The van der Waals surface area contributed by atoms with Gasteiger partial charge in [-0.3, -0.25) is 4.79 Å². The molecule has 7 heteroatoms. The van der Waals surface area contributed by atoms with Gasteiger partial charge in [0.2, 0.25) is 4.96 Å². The van der Waals surface area contributed by atoms with Crippen molar-refractivity contribution >= 4 is 22.4 Å². The third kappa shape index (κ3) is 5.79. The lowest BCUT2D eigenvalue weighted by Crippen LogP contribution is -2.23. The predicted octanol–water partition coefficient (Wildman–Crippen LogP) is 5.11. The summed E-state index contributed by atoms with van der Waals surface area (Å²) in [5.41, 5.74) is 1.64. The average molecular weight is 464 g/mol. The minimum Gasteiger partial charge on any atom is -0.494 e. The molecule has 172 valence electrons. The summed E-state index contributed by atoms with van der Waals surface area (Å²) in [7, 11) is 0. The van der Waals surface area contributed by atoms with Gasteiger partial charge in [0.1, 0.15) is 11.5 Å². The van der Waals surface area contributed by atoms with Gasteiger partial charge in [-0.15, -0.1) is 5.10 Å². The molecule has 0 amide bonds. The summed E-state index contributed by atoms with van der Waals surface area (Å²) >= 11 is 1.34. The van der Waals surface area contributed by atoms with E-state index in [1.165, 1.54) is 28.7 Å². The van der Waals surface area contributed by atoms with Crippen molar-refractivity contribution in [2.45, 2.75) is 46.0 Å². The van der Waals surface area contributed by atoms with Crippen LogP contribution < -0.4 is 19.6 Å². The highest BCUT2D eigenvalue weighted by atomic mass is 32.1. The van der Waals surface area contributed by atoms with Crippen molar-refractivity contribution in [3.05, 3.63) is 69.0 Å². The first-order valence-corrected chi connectivity index (χ1v) is 12.4. The normalized spacial score (nSPS) is 11.9. The Morgan fingerprint density at radius 3 is 2.15 bits per heavy atom. The van der Waals surface area contributed by atoms with Gasteiger partial charge in [0, 0.05) is 5.56 Å². The molecule has 0 unspecified atom stereocenters. The van der Waals surface area contributed by atoms with Crippen molar-refractivity contribution in [2.75, 3.05) is 13.2 Å². The van der Waals surface area contributed by atoms with Crippen LogP contribution in [0.15, 0.2) is 53.3 Å². The second kappa shape index (κ2) is 11.1. The van der Waals surface area contributed by atoms with Gasteiger partial charge in [0.05, 0.1) is 17.7 Å². The Morgan fingerprint density at radius 1 is 0.879 bits per heavy atom. The zero-order valence-corrected chi connectivity index (χ0v) is 19.9. The third-order valence-corrected chi connectivity index (χ3v) is 6.21. The van der Waals surface area contributed by atoms with Crippen molar-refractivity contribution in [3.63, 3.8) is 0 Å². The first-order chi connectivity index (χ1) is 16.2. The Labute approximate surface area is 197 Å². The third-order valence-electron chi connectivity index (χ3n) is 5.26. The summed E-state index contributed by atoms with van der Waals surface area (Å²) in [6.07, 6.45) is 7.40. The number of fused-ring (bicyclic) bond motifs is 1. The fourth-order valence-electron chi connectivity index (χ4n) is 3.34. The number of rotatable bonds is 11. The van der Waals surface area contributed by atoms with Crippen LogP contribution in [0.3, 0.4) is 0 Å². The molecule has 0 spiro atoms. The molecule has 2 heterocycles. The molecule has 2 aromatic heterocycles. The monoisotopic (exact) mass is 463 g/mol. The van der Waals surface area contributed by atoms with Gasteiger partial charge in [-0.1, -0.05) is 56.6 Å². The molecule has 0 saturated heterocycles. The van der Waals surface area contributed by atoms with Crippen molar-refractivity contribution in [1.29, 1.82) is 0 Å². The van der Waals surface area contributed by atoms with Gasteiger partial charge >= 0.3 is 0 Å². The molecule has 2 aromatic carbocycles. The van der Waals surface area contributed by atoms with E-state index in [4.69, 9.17) is 9.47 Å². The molecule has 0 fully saturated rings. The Morgan fingerprint density at radius 2 is 1.52 bits per heavy atom. The number of benzene rings is 2. The fraction of sp³-hybridized carbons (Fsp3) is 0.346. The molecule has 4 rings (SSSR count). The standard InChI is InChI=1S/C26H29N3O3S/c1-3-5-7-17-32-22-14-10-20(11-15-22)24-27-26-29(28-24)25(30)23(33-26)18-19-8-12-21(13-9-19)31-16-6-4-2/h8-15,18H,3-7,16-17H2,1-2H3. The van der Waals surface area contributed by atoms with Crippen LogP contribution in [0, 0.1) is 0 Å². The number of aromatic nitrogens is 3. The number of thiazole rings is 1. The molecule has 0 radical (unpaired) electrons. The SMILES string of the molecule is CCCCCOc1ccc(-c2nc3sc(=Cc4ccc(OCCCC)cc4)c(=O)n3n2)cc1. The molecule has 0 aliphatic heterocycles. The Bertz CT molecular complexity index is 1280. The quantitative estimate of drug-likeness (QED) is 0.289. The number of hydrogen-bond acceptors (Lipinski definition) is 6. The zero-order valence-electron chi connectivity index (χ0n) is 19.1. The molecule has 6 nitrogen and oxygen atoms in total. The van der Waals surface area contributed by atoms with E-state index in [2.05, 4.69) is 23.9 Å². The Balaban J connectivity index is 1.48. The minimum atomic E-state index is -0.159. The summed E-state index contributed by atoms with van der Waals surface area (Å²) < 4.78 is 13.4. The Kier molecular flexibility index (Phi) is 7.73. The average Bonchev–Trinajstić information content (AvgIpc) is 3.38. The van der Waals surface area contributed by atoms with Gasteiger partial charge in [-0.2, -0.15) is 9.50 Å². The lowest BCUT2D eigenvalue weighted by atomic mass is 10.2. The topological polar surface area (TPSA) is 65.7 Å². The van der Waals surface area contributed by atoms with Crippen LogP contribution in [0.25, 0.3) is 22.4 Å². The van der Waals surface area contributed by atoms with E-state index in [1.807, 2.05) is 54.6 Å². The second-order valence-electron chi connectivity index (χ2n) is 7.90. The molecule has 0 aliphatic rings. The second-order valence-corrected chi connectivity index (χ2v) is 8.91. The van der Waals surface area contributed by atoms with Gasteiger partial charge < -0.3 is 9.47 Å². The maximum Gasteiger partial charge on any atom is 0.291 e. The largest absolute Gasteiger partial charge is 0.494 e. The van der Waals surface area contributed by atoms with Gasteiger partial charge in [0.25, 0.3) is 5.56 Å². The first kappa shape index (κ1) is 23.0. The maximum atomic E-state index is 12.8. The highest BCUT2D eigenvalue weighted by Gasteiger charge is 2.12. The van der Waals surface area contributed by atoms with E-state index in [-0.39, 0.29) is 5.56 Å². The molecule has 33 heavy (non-hydrogen) atoms. The summed E-state index contributed by atoms with van der Waals surface area (Å²) in [5.74, 6) is 2.21. The molecule has 0 N–H and O–H groups in total. The van der Waals surface area contributed by atoms with Crippen LogP contribution >= 0.6 is 11.3 Å². The number of ether oxygens (including phenoxy) is 2. The van der Waals surface area contributed by atoms with Gasteiger partial charge in [-0.25, -0.2) is 0 Å². The van der Waals surface area contributed by atoms with Gasteiger partial charge in [-0.05, 0) is 60.9 Å². The van der Waals surface area contributed by atoms with E-state index in [9.17, 15) is 4.79 Å². The minimum absolute atomic E-state index is 0.159. The summed E-state index contributed by atoms with van der Waals surface area (Å²) in [6.45, 7) is 5.75. The fourth-order valence-corrected chi connectivity index (χ4v) is 4.25.